The first-order valence-corrected chi connectivity index (χ1v) is 6.44. The summed E-state index contributed by atoms with van der Waals surface area (Å²) in [6.07, 6.45) is 1.20. The molecule has 0 fully saturated rings. The Labute approximate surface area is 109 Å². The summed E-state index contributed by atoms with van der Waals surface area (Å²) in [6.45, 7) is 9.30. The summed E-state index contributed by atoms with van der Waals surface area (Å²) in [7, 11) is 0. The highest BCUT2D eigenvalue weighted by molar-refractivity contribution is 5.76. The molecule has 5 heteroatoms. The summed E-state index contributed by atoms with van der Waals surface area (Å²) >= 11 is 0. The molecule has 0 aromatic carbocycles. The fourth-order valence-corrected chi connectivity index (χ4v) is 1.40. The fourth-order valence-electron chi connectivity index (χ4n) is 1.40. The van der Waals surface area contributed by atoms with Crippen LogP contribution in [0.15, 0.2) is 0 Å². The number of hydrogen-bond donors (Lipinski definition) is 3. The zero-order valence-corrected chi connectivity index (χ0v) is 11.9. The van der Waals surface area contributed by atoms with Gasteiger partial charge in [0.25, 0.3) is 0 Å². The lowest BCUT2D eigenvalue weighted by Gasteiger charge is -2.20. The molecule has 0 aromatic rings. The normalized spacial score (nSPS) is 13.1. The van der Waals surface area contributed by atoms with E-state index in [4.69, 9.17) is 5.11 Å². The maximum absolute atomic E-state index is 11.5. The van der Waals surface area contributed by atoms with E-state index < -0.39 is 5.97 Å². The monoisotopic (exact) mass is 258 g/mol. The second-order valence-corrected chi connectivity index (χ2v) is 5.77. The van der Waals surface area contributed by atoms with Gasteiger partial charge in [0.2, 0.25) is 5.91 Å². The third kappa shape index (κ3) is 11.4. The van der Waals surface area contributed by atoms with Gasteiger partial charge in [-0.2, -0.15) is 0 Å². The Morgan fingerprint density at radius 2 is 1.83 bits per heavy atom. The molecule has 0 bridgehead atoms. The molecule has 106 valence electrons. The highest BCUT2D eigenvalue weighted by Crippen LogP contribution is 2.04. The van der Waals surface area contributed by atoms with Crippen molar-refractivity contribution in [2.24, 2.45) is 5.92 Å². The standard InChI is InChI=1S/C13H26N2O3/c1-10(5-6-12(17)18)9-14-11(16)7-8-15-13(2,3)4/h10,15H,5-9H2,1-4H3,(H,14,16)(H,17,18). The largest absolute Gasteiger partial charge is 0.481 e. The molecule has 0 aromatic heterocycles. The van der Waals surface area contributed by atoms with Crippen LogP contribution in [0.25, 0.3) is 0 Å². The van der Waals surface area contributed by atoms with Crippen molar-refractivity contribution in [2.75, 3.05) is 13.1 Å². The average Bonchev–Trinajstić information content (AvgIpc) is 2.21. The first kappa shape index (κ1) is 16.9. The van der Waals surface area contributed by atoms with Crippen LogP contribution in [0.1, 0.15) is 47.0 Å². The van der Waals surface area contributed by atoms with Crippen LogP contribution in [0.4, 0.5) is 0 Å². The fraction of sp³-hybridized carbons (Fsp3) is 0.846. The minimum Gasteiger partial charge on any atom is -0.481 e. The summed E-state index contributed by atoms with van der Waals surface area (Å²) in [5, 5.41) is 14.6. The minimum absolute atomic E-state index is 0.00826. The number of rotatable bonds is 8. The topological polar surface area (TPSA) is 78.4 Å². The SMILES string of the molecule is CC(CCC(=O)O)CNC(=O)CCNC(C)(C)C. The van der Waals surface area contributed by atoms with Crippen molar-refractivity contribution in [2.45, 2.75) is 52.5 Å². The molecule has 1 amide bonds. The second-order valence-electron chi connectivity index (χ2n) is 5.77. The van der Waals surface area contributed by atoms with E-state index in [9.17, 15) is 9.59 Å². The predicted octanol–water partition coefficient (Wildman–Crippen LogP) is 1.38. The maximum Gasteiger partial charge on any atom is 0.303 e. The van der Waals surface area contributed by atoms with Crippen LogP contribution in [0.5, 0.6) is 0 Å². The number of amides is 1. The molecule has 5 nitrogen and oxygen atoms in total. The number of carbonyl (C=O) groups excluding carboxylic acids is 1. The van der Waals surface area contributed by atoms with Gasteiger partial charge in [-0.15, -0.1) is 0 Å². The third-order valence-electron chi connectivity index (χ3n) is 2.51. The van der Waals surface area contributed by atoms with Crippen LogP contribution in [0, 0.1) is 5.92 Å². The van der Waals surface area contributed by atoms with Crippen LogP contribution < -0.4 is 10.6 Å². The molecule has 0 aliphatic heterocycles. The predicted molar refractivity (Wildman–Crippen MR) is 71.4 cm³/mol. The van der Waals surface area contributed by atoms with Crippen molar-refractivity contribution < 1.29 is 14.7 Å². The molecule has 0 aliphatic rings. The zero-order valence-electron chi connectivity index (χ0n) is 11.9. The van der Waals surface area contributed by atoms with Crippen molar-refractivity contribution in [3.8, 4) is 0 Å². The Morgan fingerprint density at radius 3 is 2.33 bits per heavy atom. The van der Waals surface area contributed by atoms with E-state index in [2.05, 4.69) is 31.4 Å². The van der Waals surface area contributed by atoms with E-state index in [1.165, 1.54) is 0 Å². The maximum atomic E-state index is 11.5. The van der Waals surface area contributed by atoms with Crippen molar-refractivity contribution in [3.63, 3.8) is 0 Å². The number of carbonyl (C=O) groups is 2. The number of carboxylic acids is 1. The van der Waals surface area contributed by atoms with Crippen molar-refractivity contribution in [1.29, 1.82) is 0 Å². The van der Waals surface area contributed by atoms with Gasteiger partial charge in [-0.05, 0) is 33.1 Å². The molecule has 3 N–H and O–H groups in total. The van der Waals surface area contributed by atoms with Gasteiger partial charge in [-0.3, -0.25) is 9.59 Å². The van der Waals surface area contributed by atoms with Crippen LogP contribution in [0.3, 0.4) is 0 Å². The number of aliphatic carboxylic acids is 1. The Bertz CT molecular complexity index is 272. The Hall–Kier alpha value is -1.10. The Morgan fingerprint density at radius 1 is 1.22 bits per heavy atom. The molecule has 0 heterocycles. The first-order chi connectivity index (χ1) is 8.20. The number of hydrogen-bond acceptors (Lipinski definition) is 3. The van der Waals surface area contributed by atoms with Crippen LogP contribution >= 0.6 is 0 Å². The Balaban J connectivity index is 3.61. The van der Waals surface area contributed by atoms with Crippen LogP contribution in [-0.4, -0.2) is 35.6 Å². The molecule has 0 spiro atoms. The van der Waals surface area contributed by atoms with Crippen LogP contribution in [0.2, 0.25) is 0 Å². The van der Waals surface area contributed by atoms with Gasteiger partial charge >= 0.3 is 5.97 Å². The van der Waals surface area contributed by atoms with E-state index in [0.717, 1.165) is 0 Å². The van der Waals surface area contributed by atoms with E-state index in [0.29, 0.717) is 25.9 Å². The lowest BCUT2D eigenvalue weighted by atomic mass is 10.1. The molecule has 0 saturated heterocycles. The average molecular weight is 258 g/mol. The smallest absolute Gasteiger partial charge is 0.303 e. The lowest BCUT2D eigenvalue weighted by molar-refractivity contribution is -0.137. The summed E-state index contributed by atoms with van der Waals surface area (Å²) in [4.78, 5) is 21.9. The summed E-state index contributed by atoms with van der Waals surface area (Å²) < 4.78 is 0. The molecule has 1 atom stereocenters. The molecule has 0 saturated carbocycles. The highest BCUT2D eigenvalue weighted by atomic mass is 16.4. The summed E-state index contributed by atoms with van der Waals surface area (Å²) in [5.74, 6) is -0.586. The van der Waals surface area contributed by atoms with Gasteiger partial charge in [0.05, 0.1) is 0 Å². The van der Waals surface area contributed by atoms with Gasteiger partial charge in [-0.25, -0.2) is 0 Å². The molecular weight excluding hydrogens is 232 g/mol. The Kier molecular flexibility index (Phi) is 7.59. The molecule has 0 radical (unpaired) electrons. The van der Waals surface area contributed by atoms with E-state index >= 15 is 0 Å². The van der Waals surface area contributed by atoms with E-state index in [1.54, 1.807) is 0 Å². The molecular formula is C13H26N2O3. The minimum atomic E-state index is -0.789. The van der Waals surface area contributed by atoms with E-state index in [-0.39, 0.29) is 23.8 Å². The summed E-state index contributed by atoms with van der Waals surface area (Å²) in [6, 6.07) is 0. The summed E-state index contributed by atoms with van der Waals surface area (Å²) in [5.41, 5.74) is 0.0229. The van der Waals surface area contributed by atoms with Gasteiger partial charge in [0.15, 0.2) is 0 Å². The van der Waals surface area contributed by atoms with Gasteiger partial charge in [0.1, 0.15) is 0 Å². The van der Waals surface area contributed by atoms with Gasteiger partial charge < -0.3 is 15.7 Å². The third-order valence-corrected chi connectivity index (χ3v) is 2.51. The number of carboxylic acid groups (broad SMARTS) is 1. The van der Waals surface area contributed by atoms with Gasteiger partial charge in [0, 0.05) is 31.5 Å². The van der Waals surface area contributed by atoms with Gasteiger partial charge in [-0.1, -0.05) is 6.92 Å². The molecule has 0 rings (SSSR count). The van der Waals surface area contributed by atoms with Crippen molar-refractivity contribution in [1.82, 2.24) is 10.6 Å². The molecule has 18 heavy (non-hydrogen) atoms. The second kappa shape index (κ2) is 8.08. The highest BCUT2D eigenvalue weighted by Gasteiger charge is 2.10. The van der Waals surface area contributed by atoms with Crippen LogP contribution in [-0.2, 0) is 9.59 Å². The first-order valence-electron chi connectivity index (χ1n) is 6.44. The molecule has 0 aliphatic carbocycles. The van der Waals surface area contributed by atoms with E-state index in [1.807, 2.05) is 6.92 Å². The zero-order chi connectivity index (χ0) is 14.2. The van der Waals surface area contributed by atoms with Crippen molar-refractivity contribution >= 4 is 11.9 Å². The lowest BCUT2D eigenvalue weighted by Crippen LogP contribution is -2.39. The number of nitrogens with one attached hydrogen (secondary N) is 2. The molecule has 1 unspecified atom stereocenters. The van der Waals surface area contributed by atoms with Crippen molar-refractivity contribution in [3.05, 3.63) is 0 Å². The quantitative estimate of drug-likeness (QED) is 0.614.